The molecule has 21 heavy (non-hydrogen) atoms. The Hall–Kier alpha value is -2.56. The molecular formula is C16H18N4O. The van der Waals surface area contributed by atoms with E-state index >= 15 is 0 Å². The Balaban J connectivity index is 2.13. The fraction of sp³-hybridized carbons (Fsp3) is 0.250. The monoisotopic (exact) mass is 282 g/mol. The van der Waals surface area contributed by atoms with Gasteiger partial charge in [0.1, 0.15) is 5.69 Å². The molecule has 0 spiro atoms. The van der Waals surface area contributed by atoms with Crippen LogP contribution in [0, 0.1) is 0 Å². The average Bonchev–Trinajstić information content (AvgIpc) is 2.76. The average molecular weight is 282 g/mol. The standard InChI is InChI=1S/C16H18N4O/c17-16(19-21)15-14(9-5-10-18-15)20-11-4-3-7-12-6-1-2-8-13(12)20/h1-2,5-6,8-10,21H,3-4,7,11H2,(H2,17,19). The third-order valence-electron chi connectivity index (χ3n) is 3.79. The predicted octanol–water partition coefficient (Wildman–Crippen LogP) is 2.65. The van der Waals surface area contributed by atoms with Crippen LogP contribution in [0.2, 0.25) is 0 Å². The van der Waals surface area contributed by atoms with Crippen LogP contribution in [0.3, 0.4) is 0 Å². The van der Waals surface area contributed by atoms with Gasteiger partial charge < -0.3 is 15.8 Å². The van der Waals surface area contributed by atoms with Crippen molar-refractivity contribution in [1.82, 2.24) is 4.98 Å². The molecule has 0 radical (unpaired) electrons. The van der Waals surface area contributed by atoms with E-state index < -0.39 is 0 Å². The van der Waals surface area contributed by atoms with Crippen LogP contribution in [-0.4, -0.2) is 22.6 Å². The van der Waals surface area contributed by atoms with Crippen molar-refractivity contribution in [3.8, 4) is 0 Å². The van der Waals surface area contributed by atoms with E-state index in [0.29, 0.717) is 5.69 Å². The molecule has 1 aliphatic rings. The highest BCUT2D eigenvalue weighted by Crippen LogP contribution is 2.33. The van der Waals surface area contributed by atoms with Gasteiger partial charge in [0.15, 0.2) is 5.84 Å². The zero-order chi connectivity index (χ0) is 14.7. The Morgan fingerprint density at radius 3 is 2.81 bits per heavy atom. The number of aryl methyl sites for hydroxylation is 1. The molecule has 2 aromatic rings. The van der Waals surface area contributed by atoms with Crippen molar-refractivity contribution in [2.75, 3.05) is 11.4 Å². The van der Waals surface area contributed by atoms with Gasteiger partial charge in [-0.2, -0.15) is 0 Å². The number of amidine groups is 1. The van der Waals surface area contributed by atoms with Crippen LogP contribution in [0.25, 0.3) is 0 Å². The summed E-state index contributed by atoms with van der Waals surface area (Å²) >= 11 is 0. The number of nitrogens with two attached hydrogens (primary N) is 1. The van der Waals surface area contributed by atoms with Crippen molar-refractivity contribution in [2.45, 2.75) is 19.3 Å². The fourth-order valence-electron chi connectivity index (χ4n) is 2.80. The van der Waals surface area contributed by atoms with Gasteiger partial charge in [0.2, 0.25) is 0 Å². The summed E-state index contributed by atoms with van der Waals surface area (Å²) in [7, 11) is 0. The highest BCUT2D eigenvalue weighted by molar-refractivity contribution is 6.01. The number of nitrogens with zero attached hydrogens (tertiary/aromatic N) is 3. The smallest absolute Gasteiger partial charge is 0.190 e. The van der Waals surface area contributed by atoms with Crippen molar-refractivity contribution < 1.29 is 5.21 Å². The SMILES string of the molecule is N/C(=N/O)c1ncccc1N1CCCCc2ccccc21. The number of aromatic nitrogens is 1. The van der Waals surface area contributed by atoms with Gasteiger partial charge in [-0.15, -0.1) is 0 Å². The molecular weight excluding hydrogens is 264 g/mol. The molecule has 1 aromatic carbocycles. The number of hydrogen-bond acceptors (Lipinski definition) is 4. The van der Waals surface area contributed by atoms with Gasteiger partial charge in [-0.05, 0) is 43.0 Å². The second kappa shape index (κ2) is 5.83. The molecule has 0 unspecified atom stereocenters. The normalized spacial score (nSPS) is 15.4. The van der Waals surface area contributed by atoms with E-state index in [-0.39, 0.29) is 5.84 Å². The molecule has 0 amide bonds. The number of anilines is 2. The Morgan fingerprint density at radius 2 is 1.95 bits per heavy atom. The Kier molecular flexibility index (Phi) is 3.73. The molecule has 1 aromatic heterocycles. The van der Waals surface area contributed by atoms with E-state index in [1.54, 1.807) is 6.20 Å². The topological polar surface area (TPSA) is 74.7 Å². The lowest BCUT2D eigenvalue weighted by Crippen LogP contribution is -2.24. The summed E-state index contributed by atoms with van der Waals surface area (Å²) in [4.78, 5) is 6.48. The molecule has 2 heterocycles. The number of pyridine rings is 1. The summed E-state index contributed by atoms with van der Waals surface area (Å²) in [5.41, 5.74) is 9.66. The van der Waals surface area contributed by atoms with E-state index in [2.05, 4.69) is 33.2 Å². The summed E-state index contributed by atoms with van der Waals surface area (Å²) in [6.45, 7) is 0.897. The molecule has 3 N–H and O–H groups in total. The molecule has 0 saturated carbocycles. The minimum absolute atomic E-state index is 0.0346. The Bertz CT molecular complexity index is 669. The van der Waals surface area contributed by atoms with E-state index in [9.17, 15) is 0 Å². The van der Waals surface area contributed by atoms with Crippen LogP contribution in [0.5, 0.6) is 0 Å². The maximum atomic E-state index is 8.97. The number of para-hydroxylation sites is 1. The molecule has 3 rings (SSSR count). The van der Waals surface area contributed by atoms with Crippen LogP contribution in [-0.2, 0) is 6.42 Å². The maximum Gasteiger partial charge on any atom is 0.190 e. The summed E-state index contributed by atoms with van der Waals surface area (Å²) in [5, 5.41) is 12.1. The highest BCUT2D eigenvalue weighted by atomic mass is 16.4. The van der Waals surface area contributed by atoms with Crippen LogP contribution < -0.4 is 10.6 Å². The first-order chi connectivity index (χ1) is 10.3. The molecule has 0 atom stereocenters. The van der Waals surface area contributed by atoms with Gasteiger partial charge in [0.25, 0.3) is 0 Å². The first-order valence-corrected chi connectivity index (χ1v) is 7.09. The third-order valence-corrected chi connectivity index (χ3v) is 3.79. The van der Waals surface area contributed by atoms with Crippen molar-refractivity contribution in [3.63, 3.8) is 0 Å². The number of benzene rings is 1. The molecule has 0 saturated heterocycles. The fourth-order valence-corrected chi connectivity index (χ4v) is 2.80. The van der Waals surface area contributed by atoms with Crippen LogP contribution >= 0.6 is 0 Å². The third kappa shape index (κ3) is 2.54. The van der Waals surface area contributed by atoms with Crippen LogP contribution in [0.4, 0.5) is 11.4 Å². The van der Waals surface area contributed by atoms with Crippen molar-refractivity contribution in [1.29, 1.82) is 0 Å². The summed E-state index contributed by atoms with van der Waals surface area (Å²) in [6.07, 6.45) is 4.98. The van der Waals surface area contributed by atoms with Crippen molar-refractivity contribution >= 4 is 17.2 Å². The summed E-state index contributed by atoms with van der Waals surface area (Å²) < 4.78 is 0. The summed E-state index contributed by atoms with van der Waals surface area (Å²) in [5.74, 6) is 0.0346. The van der Waals surface area contributed by atoms with E-state index in [1.165, 1.54) is 11.3 Å². The maximum absolute atomic E-state index is 8.97. The summed E-state index contributed by atoms with van der Waals surface area (Å²) in [6, 6.07) is 12.2. The van der Waals surface area contributed by atoms with Crippen molar-refractivity contribution in [3.05, 3.63) is 53.9 Å². The first-order valence-electron chi connectivity index (χ1n) is 7.09. The van der Waals surface area contributed by atoms with Gasteiger partial charge in [-0.3, -0.25) is 4.98 Å². The molecule has 108 valence electrons. The predicted molar refractivity (Wildman–Crippen MR) is 83.1 cm³/mol. The van der Waals surface area contributed by atoms with E-state index in [0.717, 1.165) is 31.5 Å². The van der Waals surface area contributed by atoms with Crippen LogP contribution in [0.15, 0.2) is 47.8 Å². The second-order valence-electron chi connectivity index (χ2n) is 5.09. The first kappa shape index (κ1) is 13.4. The number of oxime groups is 1. The lowest BCUT2D eigenvalue weighted by Gasteiger charge is -2.26. The molecule has 5 nitrogen and oxygen atoms in total. The van der Waals surface area contributed by atoms with Crippen molar-refractivity contribution in [2.24, 2.45) is 10.9 Å². The quantitative estimate of drug-likeness (QED) is 0.384. The number of rotatable bonds is 2. The molecule has 1 aliphatic heterocycles. The molecule has 5 heteroatoms. The zero-order valence-electron chi connectivity index (χ0n) is 11.7. The largest absolute Gasteiger partial charge is 0.409 e. The van der Waals surface area contributed by atoms with Gasteiger partial charge in [0, 0.05) is 18.4 Å². The van der Waals surface area contributed by atoms with Gasteiger partial charge in [-0.1, -0.05) is 23.4 Å². The Labute approximate surface area is 123 Å². The molecule has 0 bridgehead atoms. The van der Waals surface area contributed by atoms with Gasteiger partial charge in [-0.25, -0.2) is 0 Å². The minimum Gasteiger partial charge on any atom is -0.409 e. The van der Waals surface area contributed by atoms with Gasteiger partial charge >= 0.3 is 0 Å². The minimum atomic E-state index is 0.0346. The molecule has 0 fully saturated rings. The van der Waals surface area contributed by atoms with Gasteiger partial charge in [0.05, 0.1) is 5.69 Å². The van der Waals surface area contributed by atoms with Crippen LogP contribution in [0.1, 0.15) is 24.1 Å². The lowest BCUT2D eigenvalue weighted by molar-refractivity contribution is 0.318. The Morgan fingerprint density at radius 1 is 1.14 bits per heavy atom. The van der Waals surface area contributed by atoms with E-state index in [1.807, 2.05) is 18.2 Å². The molecule has 0 aliphatic carbocycles. The number of hydrogen-bond donors (Lipinski definition) is 2. The number of fused-ring (bicyclic) bond motifs is 1. The second-order valence-corrected chi connectivity index (χ2v) is 5.09. The highest BCUT2D eigenvalue weighted by Gasteiger charge is 2.20. The zero-order valence-corrected chi connectivity index (χ0v) is 11.7. The lowest BCUT2D eigenvalue weighted by atomic mass is 10.1. The van der Waals surface area contributed by atoms with E-state index in [4.69, 9.17) is 10.9 Å².